The normalized spacial score (nSPS) is 11.1. The van der Waals surface area contributed by atoms with Gasteiger partial charge in [0.05, 0.1) is 16.8 Å². The number of aromatic nitrogens is 3. The standard InChI is InChI=1S/C22H22N4OS/c1-4-17-11-8-12-19-20(17)23-22(28-19)26(14-16-9-6-5-7-10-16)21(27)18-13-15(2)25(3)24-18/h5-13H,4,14H2,1-3H3. The molecule has 0 saturated carbocycles. The van der Waals surface area contributed by atoms with Gasteiger partial charge in [0.25, 0.3) is 5.91 Å². The summed E-state index contributed by atoms with van der Waals surface area (Å²) in [4.78, 5) is 19.9. The number of para-hydroxylation sites is 1. The SMILES string of the molecule is CCc1cccc2sc(N(Cc3ccccc3)C(=O)c3cc(C)n(C)n3)nc12. The van der Waals surface area contributed by atoms with Gasteiger partial charge in [0.1, 0.15) is 0 Å². The Morgan fingerprint density at radius 1 is 1.14 bits per heavy atom. The number of hydrogen-bond donors (Lipinski definition) is 0. The van der Waals surface area contributed by atoms with E-state index in [0.29, 0.717) is 17.4 Å². The number of carbonyl (C=O) groups is 1. The molecule has 0 bridgehead atoms. The summed E-state index contributed by atoms with van der Waals surface area (Å²) in [7, 11) is 1.85. The molecule has 0 saturated heterocycles. The number of amides is 1. The maximum Gasteiger partial charge on any atom is 0.280 e. The predicted molar refractivity (Wildman–Crippen MR) is 114 cm³/mol. The van der Waals surface area contributed by atoms with E-state index in [4.69, 9.17) is 4.98 Å². The zero-order chi connectivity index (χ0) is 19.7. The molecule has 0 atom stereocenters. The van der Waals surface area contributed by atoms with Crippen LogP contribution in [0.2, 0.25) is 0 Å². The molecule has 0 unspecified atom stereocenters. The number of rotatable bonds is 5. The van der Waals surface area contributed by atoms with Gasteiger partial charge in [-0.05, 0) is 36.6 Å². The highest BCUT2D eigenvalue weighted by molar-refractivity contribution is 7.22. The number of benzene rings is 2. The Hall–Kier alpha value is -2.99. The molecule has 0 aliphatic heterocycles. The topological polar surface area (TPSA) is 51.0 Å². The Kier molecular flexibility index (Phi) is 4.96. The van der Waals surface area contributed by atoms with Gasteiger partial charge in [0.15, 0.2) is 10.8 Å². The van der Waals surface area contributed by atoms with Crippen molar-refractivity contribution >= 4 is 32.6 Å². The molecule has 0 fully saturated rings. The average molecular weight is 391 g/mol. The number of anilines is 1. The van der Waals surface area contributed by atoms with Gasteiger partial charge in [-0.25, -0.2) is 4.98 Å². The van der Waals surface area contributed by atoms with Gasteiger partial charge in [0.2, 0.25) is 0 Å². The smallest absolute Gasteiger partial charge is 0.278 e. The highest BCUT2D eigenvalue weighted by Crippen LogP contribution is 2.32. The molecule has 28 heavy (non-hydrogen) atoms. The van der Waals surface area contributed by atoms with Crippen molar-refractivity contribution in [2.45, 2.75) is 26.8 Å². The van der Waals surface area contributed by atoms with Crippen LogP contribution in [0.3, 0.4) is 0 Å². The van der Waals surface area contributed by atoms with E-state index < -0.39 is 0 Å². The van der Waals surface area contributed by atoms with Crippen molar-refractivity contribution in [3.63, 3.8) is 0 Å². The first kappa shape index (κ1) is 18.4. The molecule has 0 N–H and O–H groups in total. The minimum atomic E-state index is -0.135. The van der Waals surface area contributed by atoms with Crippen molar-refractivity contribution in [2.24, 2.45) is 7.05 Å². The van der Waals surface area contributed by atoms with Gasteiger partial charge >= 0.3 is 0 Å². The number of carbonyl (C=O) groups excluding carboxylic acids is 1. The summed E-state index contributed by atoms with van der Waals surface area (Å²) >= 11 is 1.55. The fraction of sp³-hybridized carbons (Fsp3) is 0.227. The highest BCUT2D eigenvalue weighted by atomic mass is 32.1. The molecule has 0 aliphatic carbocycles. The zero-order valence-corrected chi connectivity index (χ0v) is 17.0. The van der Waals surface area contributed by atoms with E-state index in [9.17, 15) is 4.79 Å². The number of aryl methyl sites for hydroxylation is 3. The number of nitrogens with zero attached hydrogens (tertiary/aromatic N) is 4. The summed E-state index contributed by atoms with van der Waals surface area (Å²) in [5.41, 5.74) is 4.61. The first-order chi connectivity index (χ1) is 13.6. The summed E-state index contributed by atoms with van der Waals surface area (Å²) < 4.78 is 2.82. The second kappa shape index (κ2) is 7.56. The first-order valence-electron chi connectivity index (χ1n) is 9.31. The summed E-state index contributed by atoms with van der Waals surface area (Å²) in [5, 5.41) is 5.09. The molecule has 142 valence electrons. The molecule has 4 rings (SSSR count). The third-order valence-electron chi connectivity index (χ3n) is 4.86. The molecule has 2 heterocycles. The van der Waals surface area contributed by atoms with Crippen LogP contribution in [0.15, 0.2) is 54.6 Å². The molecular formula is C22H22N4OS. The largest absolute Gasteiger partial charge is 0.280 e. The van der Waals surface area contributed by atoms with E-state index in [1.165, 1.54) is 5.56 Å². The molecule has 6 heteroatoms. The van der Waals surface area contributed by atoms with Gasteiger partial charge in [-0.2, -0.15) is 5.10 Å². The van der Waals surface area contributed by atoms with E-state index in [1.807, 2.05) is 50.4 Å². The molecule has 2 aromatic carbocycles. The number of thiazole rings is 1. The van der Waals surface area contributed by atoms with Crippen LogP contribution >= 0.6 is 11.3 Å². The minimum absolute atomic E-state index is 0.135. The summed E-state index contributed by atoms with van der Waals surface area (Å²) in [6.07, 6.45) is 0.909. The Morgan fingerprint density at radius 2 is 1.93 bits per heavy atom. The van der Waals surface area contributed by atoms with Crippen LogP contribution in [0.4, 0.5) is 5.13 Å². The van der Waals surface area contributed by atoms with E-state index >= 15 is 0 Å². The summed E-state index contributed by atoms with van der Waals surface area (Å²) in [5.74, 6) is -0.135. The van der Waals surface area contributed by atoms with E-state index in [1.54, 1.807) is 20.9 Å². The lowest BCUT2D eigenvalue weighted by Crippen LogP contribution is -2.30. The zero-order valence-electron chi connectivity index (χ0n) is 16.2. The van der Waals surface area contributed by atoms with Gasteiger partial charge in [-0.1, -0.05) is 60.7 Å². The minimum Gasteiger partial charge on any atom is -0.278 e. The predicted octanol–water partition coefficient (Wildman–Crippen LogP) is 4.75. The van der Waals surface area contributed by atoms with Crippen LogP contribution in [-0.4, -0.2) is 20.7 Å². The maximum absolute atomic E-state index is 13.4. The van der Waals surface area contributed by atoms with Crippen molar-refractivity contribution in [1.82, 2.24) is 14.8 Å². The van der Waals surface area contributed by atoms with E-state index in [0.717, 1.165) is 27.9 Å². The third-order valence-corrected chi connectivity index (χ3v) is 5.91. The lowest BCUT2D eigenvalue weighted by Gasteiger charge is -2.19. The van der Waals surface area contributed by atoms with Gasteiger partial charge in [-0.15, -0.1) is 0 Å². The van der Waals surface area contributed by atoms with Crippen LogP contribution in [0.25, 0.3) is 10.2 Å². The van der Waals surface area contributed by atoms with Gasteiger partial charge in [0, 0.05) is 12.7 Å². The maximum atomic E-state index is 13.4. The second-order valence-corrected chi connectivity index (χ2v) is 7.79. The Labute approximate surface area is 168 Å². The number of fused-ring (bicyclic) bond motifs is 1. The lowest BCUT2D eigenvalue weighted by molar-refractivity contribution is 0.0979. The summed E-state index contributed by atoms with van der Waals surface area (Å²) in [6.45, 7) is 4.52. The molecule has 2 aromatic heterocycles. The third kappa shape index (κ3) is 3.43. The lowest BCUT2D eigenvalue weighted by atomic mass is 10.1. The number of hydrogen-bond acceptors (Lipinski definition) is 4. The molecule has 0 radical (unpaired) electrons. The van der Waals surface area contributed by atoms with Gasteiger partial charge in [-0.3, -0.25) is 14.4 Å². The molecule has 0 spiro atoms. The molecular weight excluding hydrogens is 368 g/mol. The van der Waals surface area contributed by atoms with E-state index in [2.05, 4.69) is 30.2 Å². The Morgan fingerprint density at radius 3 is 2.61 bits per heavy atom. The van der Waals surface area contributed by atoms with Crippen molar-refractivity contribution in [3.8, 4) is 0 Å². The Bertz CT molecular complexity index is 1110. The van der Waals surface area contributed by atoms with E-state index in [-0.39, 0.29) is 5.91 Å². The summed E-state index contributed by atoms with van der Waals surface area (Å²) in [6, 6.07) is 18.0. The molecule has 0 aliphatic rings. The highest BCUT2D eigenvalue weighted by Gasteiger charge is 2.24. The van der Waals surface area contributed by atoms with Crippen LogP contribution in [0, 0.1) is 6.92 Å². The van der Waals surface area contributed by atoms with Crippen LogP contribution in [0.1, 0.15) is 34.2 Å². The van der Waals surface area contributed by atoms with Crippen molar-refractivity contribution in [3.05, 3.63) is 77.1 Å². The monoisotopic (exact) mass is 390 g/mol. The Balaban J connectivity index is 1.79. The fourth-order valence-electron chi connectivity index (χ4n) is 3.19. The second-order valence-electron chi connectivity index (χ2n) is 6.79. The van der Waals surface area contributed by atoms with Gasteiger partial charge < -0.3 is 0 Å². The van der Waals surface area contributed by atoms with Crippen molar-refractivity contribution < 1.29 is 4.79 Å². The fourth-order valence-corrected chi connectivity index (χ4v) is 4.20. The van der Waals surface area contributed by atoms with Crippen molar-refractivity contribution in [2.75, 3.05) is 4.90 Å². The molecule has 1 amide bonds. The quantitative estimate of drug-likeness (QED) is 0.494. The van der Waals surface area contributed by atoms with Crippen LogP contribution in [0.5, 0.6) is 0 Å². The molecule has 4 aromatic rings. The molecule has 5 nitrogen and oxygen atoms in total. The average Bonchev–Trinajstić information content (AvgIpc) is 3.29. The van der Waals surface area contributed by atoms with Crippen LogP contribution < -0.4 is 4.90 Å². The first-order valence-corrected chi connectivity index (χ1v) is 10.1. The van der Waals surface area contributed by atoms with Crippen LogP contribution in [-0.2, 0) is 20.0 Å². The van der Waals surface area contributed by atoms with Crippen molar-refractivity contribution in [1.29, 1.82) is 0 Å².